The zero-order valence-electron chi connectivity index (χ0n) is 13.9. The molecule has 2 heterocycles. The molecule has 120 valence electrons. The Labute approximate surface area is 130 Å². The van der Waals surface area contributed by atoms with E-state index in [0.29, 0.717) is 0 Å². The van der Waals surface area contributed by atoms with Gasteiger partial charge in [-0.3, -0.25) is 4.99 Å². The maximum atomic E-state index is 4.96. The predicted molar refractivity (Wildman–Crippen MR) is 88.7 cm³/mol. The van der Waals surface area contributed by atoms with E-state index in [9.17, 15) is 0 Å². The number of aliphatic imine (C=N–C) groups is 1. The van der Waals surface area contributed by atoms with Crippen LogP contribution in [0.1, 0.15) is 46.0 Å². The van der Waals surface area contributed by atoms with Gasteiger partial charge < -0.3 is 15.1 Å². The van der Waals surface area contributed by atoms with Crippen LogP contribution in [0, 0.1) is 11.8 Å². The summed E-state index contributed by atoms with van der Waals surface area (Å²) in [5.74, 6) is 2.82. The molecule has 0 amide bonds. The second kappa shape index (κ2) is 6.99. The van der Waals surface area contributed by atoms with Gasteiger partial charge in [-0.1, -0.05) is 6.92 Å². The molecule has 0 aromatic rings. The largest absolute Gasteiger partial charge is 0.357 e. The van der Waals surface area contributed by atoms with Crippen molar-refractivity contribution in [3.63, 3.8) is 0 Å². The summed E-state index contributed by atoms with van der Waals surface area (Å²) in [7, 11) is 0. The van der Waals surface area contributed by atoms with Gasteiger partial charge in [0, 0.05) is 38.8 Å². The van der Waals surface area contributed by atoms with Crippen LogP contribution in [-0.4, -0.2) is 61.1 Å². The Kier molecular flexibility index (Phi) is 5.04. The van der Waals surface area contributed by atoms with Crippen molar-refractivity contribution < 1.29 is 0 Å². The number of hydrogen-bond donors (Lipinski definition) is 1. The normalized spacial score (nSPS) is 29.1. The van der Waals surface area contributed by atoms with E-state index in [2.05, 4.69) is 29.0 Å². The summed E-state index contributed by atoms with van der Waals surface area (Å²) < 4.78 is 0. The molecule has 1 atom stereocenters. The summed E-state index contributed by atoms with van der Waals surface area (Å²) in [5, 5.41) is 3.50. The molecule has 0 bridgehead atoms. The lowest BCUT2D eigenvalue weighted by Gasteiger charge is -2.33. The lowest BCUT2D eigenvalue weighted by Crippen LogP contribution is -2.45. The zero-order valence-corrected chi connectivity index (χ0v) is 13.9. The fourth-order valence-electron chi connectivity index (χ4n) is 3.64. The van der Waals surface area contributed by atoms with Crippen molar-refractivity contribution in [3.8, 4) is 0 Å². The monoisotopic (exact) mass is 292 g/mol. The van der Waals surface area contributed by atoms with E-state index in [1.165, 1.54) is 58.3 Å². The van der Waals surface area contributed by atoms with Crippen LogP contribution in [0.5, 0.6) is 0 Å². The molecule has 1 N–H and O–H groups in total. The van der Waals surface area contributed by atoms with E-state index in [-0.39, 0.29) is 0 Å². The summed E-state index contributed by atoms with van der Waals surface area (Å²) in [4.78, 5) is 10.1. The van der Waals surface area contributed by atoms with E-state index >= 15 is 0 Å². The van der Waals surface area contributed by atoms with Crippen molar-refractivity contribution in [1.82, 2.24) is 15.1 Å². The standard InChI is InChI=1S/C17H32N4/c1-3-18-17(20-9-6-14(2)7-10-20)19-12-15-8-11-21(13-15)16-4-5-16/h14-16H,3-13H2,1-2H3,(H,18,19). The van der Waals surface area contributed by atoms with Crippen molar-refractivity contribution >= 4 is 5.96 Å². The number of rotatable bonds is 4. The third-order valence-corrected chi connectivity index (χ3v) is 5.30. The maximum Gasteiger partial charge on any atom is 0.193 e. The highest BCUT2D eigenvalue weighted by Gasteiger charge is 2.34. The summed E-state index contributed by atoms with van der Waals surface area (Å²) in [6.07, 6.45) is 6.83. The minimum Gasteiger partial charge on any atom is -0.357 e. The third-order valence-electron chi connectivity index (χ3n) is 5.30. The molecule has 0 spiro atoms. The Bertz CT molecular complexity index is 356. The van der Waals surface area contributed by atoms with Gasteiger partial charge in [-0.15, -0.1) is 0 Å². The summed E-state index contributed by atoms with van der Waals surface area (Å²) in [5.41, 5.74) is 0. The van der Waals surface area contributed by atoms with Gasteiger partial charge in [0.25, 0.3) is 0 Å². The van der Waals surface area contributed by atoms with Gasteiger partial charge >= 0.3 is 0 Å². The van der Waals surface area contributed by atoms with Crippen molar-refractivity contribution in [3.05, 3.63) is 0 Å². The highest BCUT2D eigenvalue weighted by Crippen LogP contribution is 2.31. The van der Waals surface area contributed by atoms with E-state index < -0.39 is 0 Å². The van der Waals surface area contributed by atoms with E-state index in [1.54, 1.807) is 0 Å². The first kappa shape index (κ1) is 15.1. The number of hydrogen-bond acceptors (Lipinski definition) is 2. The molecule has 3 fully saturated rings. The van der Waals surface area contributed by atoms with E-state index in [4.69, 9.17) is 4.99 Å². The Hall–Kier alpha value is -0.770. The first-order valence-corrected chi connectivity index (χ1v) is 9.03. The van der Waals surface area contributed by atoms with Crippen LogP contribution in [0.3, 0.4) is 0 Å². The van der Waals surface area contributed by atoms with Crippen LogP contribution in [0.15, 0.2) is 4.99 Å². The third kappa shape index (κ3) is 4.12. The van der Waals surface area contributed by atoms with Crippen LogP contribution in [0.2, 0.25) is 0 Å². The molecule has 4 heteroatoms. The Balaban J connectivity index is 1.50. The van der Waals surface area contributed by atoms with Crippen LogP contribution in [-0.2, 0) is 0 Å². The molecule has 4 nitrogen and oxygen atoms in total. The number of guanidine groups is 1. The van der Waals surface area contributed by atoms with Crippen molar-refractivity contribution in [1.29, 1.82) is 0 Å². The second-order valence-corrected chi connectivity index (χ2v) is 7.25. The van der Waals surface area contributed by atoms with Crippen molar-refractivity contribution in [2.24, 2.45) is 16.8 Å². The van der Waals surface area contributed by atoms with Crippen molar-refractivity contribution in [2.75, 3.05) is 39.3 Å². The van der Waals surface area contributed by atoms with Gasteiger partial charge in [-0.05, 0) is 57.4 Å². The quantitative estimate of drug-likeness (QED) is 0.636. The topological polar surface area (TPSA) is 30.9 Å². The van der Waals surface area contributed by atoms with E-state index in [0.717, 1.165) is 36.9 Å². The minimum absolute atomic E-state index is 0.781. The number of likely N-dealkylation sites (tertiary alicyclic amines) is 2. The molecule has 2 aliphatic heterocycles. The molecule has 1 saturated carbocycles. The van der Waals surface area contributed by atoms with Crippen LogP contribution < -0.4 is 5.32 Å². The highest BCUT2D eigenvalue weighted by molar-refractivity contribution is 5.80. The van der Waals surface area contributed by atoms with E-state index in [1.807, 2.05) is 0 Å². The molecule has 3 rings (SSSR count). The molecule has 21 heavy (non-hydrogen) atoms. The highest BCUT2D eigenvalue weighted by atomic mass is 15.3. The Morgan fingerprint density at radius 1 is 1.10 bits per heavy atom. The first-order valence-electron chi connectivity index (χ1n) is 9.03. The molecule has 1 unspecified atom stereocenters. The fraction of sp³-hybridized carbons (Fsp3) is 0.941. The van der Waals surface area contributed by atoms with Crippen LogP contribution in [0.4, 0.5) is 0 Å². The van der Waals surface area contributed by atoms with Gasteiger partial charge in [0.15, 0.2) is 5.96 Å². The first-order chi connectivity index (χ1) is 10.3. The Morgan fingerprint density at radius 3 is 2.52 bits per heavy atom. The molecule has 2 saturated heterocycles. The summed E-state index contributed by atoms with van der Waals surface area (Å²) >= 11 is 0. The number of nitrogens with one attached hydrogen (secondary N) is 1. The summed E-state index contributed by atoms with van der Waals surface area (Å²) in [6, 6.07) is 0.927. The lowest BCUT2D eigenvalue weighted by molar-refractivity contribution is 0.272. The molecule has 3 aliphatic rings. The van der Waals surface area contributed by atoms with Crippen LogP contribution >= 0.6 is 0 Å². The summed E-state index contributed by atoms with van der Waals surface area (Å²) in [6.45, 7) is 11.5. The molecular formula is C17H32N4. The van der Waals surface area contributed by atoms with Gasteiger partial charge in [-0.2, -0.15) is 0 Å². The molecule has 0 aromatic heterocycles. The average molecular weight is 292 g/mol. The molecule has 0 radical (unpaired) electrons. The molecule has 1 aliphatic carbocycles. The second-order valence-electron chi connectivity index (χ2n) is 7.25. The number of piperidine rings is 1. The van der Waals surface area contributed by atoms with Gasteiger partial charge in [0.05, 0.1) is 0 Å². The Morgan fingerprint density at radius 2 is 1.86 bits per heavy atom. The van der Waals surface area contributed by atoms with Gasteiger partial charge in [0.1, 0.15) is 0 Å². The predicted octanol–water partition coefficient (Wildman–Crippen LogP) is 2.17. The number of nitrogens with zero attached hydrogens (tertiary/aromatic N) is 3. The van der Waals surface area contributed by atoms with Crippen LogP contribution in [0.25, 0.3) is 0 Å². The average Bonchev–Trinajstić information content (AvgIpc) is 3.24. The smallest absolute Gasteiger partial charge is 0.193 e. The maximum absolute atomic E-state index is 4.96. The minimum atomic E-state index is 0.781. The molecular weight excluding hydrogens is 260 g/mol. The van der Waals surface area contributed by atoms with Gasteiger partial charge in [-0.25, -0.2) is 0 Å². The lowest BCUT2D eigenvalue weighted by atomic mass is 9.99. The SMILES string of the molecule is CCNC(=NCC1CCN(C2CC2)C1)N1CCC(C)CC1. The van der Waals surface area contributed by atoms with Gasteiger partial charge in [0.2, 0.25) is 0 Å². The van der Waals surface area contributed by atoms with Crippen molar-refractivity contribution in [2.45, 2.75) is 52.0 Å². The molecule has 0 aromatic carbocycles. The fourth-order valence-corrected chi connectivity index (χ4v) is 3.64. The zero-order chi connectivity index (χ0) is 14.7.